The minimum Gasteiger partial charge on any atom is -0.300 e. The van der Waals surface area contributed by atoms with Crippen molar-refractivity contribution in [1.29, 1.82) is 0 Å². The number of carbonyl (C=O) groups is 1. The first-order valence-corrected chi connectivity index (χ1v) is 5.76. The fraction of sp³-hybridized carbons (Fsp3) is 0.538. The predicted molar refractivity (Wildman–Crippen MR) is 59.5 cm³/mol. The lowest BCUT2D eigenvalue weighted by Gasteiger charge is -2.24. The summed E-state index contributed by atoms with van der Waals surface area (Å²) in [4.78, 5) is 15.8. The number of carbonyl (C=O) groups excluding carboxylic acids is 1. The number of ketones is 1. The summed E-state index contributed by atoms with van der Waals surface area (Å²) in [6, 6.07) is 5.86. The highest BCUT2D eigenvalue weighted by atomic mass is 16.1. The first-order chi connectivity index (χ1) is 7.34. The Morgan fingerprint density at radius 1 is 1.40 bits per heavy atom. The summed E-state index contributed by atoms with van der Waals surface area (Å²) in [5.41, 5.74) is 1.03. The Bertz CT molecular complexity index is 317. The molecule has 1 aromatic heterocycles. The van der Waals surface area contributed by atoms with Gasteiger partial charge in [0.1, 0.15) is 5.78 Å². The summed E-state index contributed by atoms with van der Waals surface area (Å²) in [5.74, 6) is 1.10. The Hall–Kier alpha value is -1.18. The van der Waals surface area contributed by atoms with Gasteiger partial charge in [0.15, 0.2) is 0 Å². The molecule has 1 aliphatic carbocycles. The second-order valence-corrected chi connectivity index (χ2v) is 4.36. The molecule has 0 atom stereocenters. The van der Waals surface area contributed by atoms with Crippen molar-refractivity contribution in [2.45, 2.75) is 38.5 Å². The van der Waals surface area contributed by atoms with Gasteiger partial charge in [0.25, 0.3) is 0 Å². The molecule has 0 unspecified atom stereocenters. The fourth-order valence-electron chi connectivity index (χ4n) is 1.93. The third-order valence-electron chi connectivity index (χ3n) is 3.13. The molecule has 0 radical (unpaired) electrons. The van der Waals surface area contributed by atoms with E-state index in [1.807, 2.05) is 18.2 Å². The molecular weight excluding hydrogens is 186 g/mol. The van der Waals surface area contributed by atoms with Crippen LogP contribution < -0.4 is 0 Å². The van der Waals surface area contributed by atoms with Gasteiger partial charge in [0, 0.05) is 24.7 Å². The Kier molecular flexibility index (Phi) is 3.49. The zero-order chi connectivity index (χ0) is 10.5. The topological polar surface area (TPSA) is 30.0 Å². The molecule has 2 nitrogen and oxygen atoms in total. The first-order valence-electron chi connectivity index (χ1n) is 5.76. The molecule has 1 saturated carbocycles. The Morgan fingerprint density at radius 2 is 2.27 bits per heavy atom. The average Bonchev–Trinajstić information content (AvgIpc) is 2.22. The summed E-state index contributed by atoms with van der Waals surface area (Å²) in [6.45, 7) is 0. The number of hydrogen-bond acceptors (Lipinski definition) is 2. The van der Waals surface area contributed by atoms with E-state index in [9.17, 15) is 4.79 Å². The van der Waals surface area contributed by atoms with E-state index < -0.39 is 0 Å². The predicted octanol–water partition coefficient (Wildman–Crippen LogP) is 2.77. The standard InChI is InChI=1S/C13H17NO/c15-13(10-11-4-3-5-11)8-7-12-6-1-2-9-14-12/h1-2,6,9,11H,3-5,7-8,10H2. The van der Waals surface area contributed by atoms with Crippen LogP contribution >= 0.6 is 0 Å². The molecule has 0 N–H and O–H groups in total. The van der Waals surface area contributed by atoms with Gasteiger partial charge in [-0.05, 0) is 24.5 Å². The van der Waals surface area contributed by atoms with Gasteiger partial charge in [-0.15, -0.1) is 0 Å². The smallest absolute Gasteiger partial charge is 0.133 e. The lowest BCUT2D eigenvalue weighted by Crippen LogP contribution is -2.16. The van der Waals surface area contributed by atoms with Crippen molar-refractivity contribution in [2.75, 3.05) is 0 Å². The van der Waals surface area contributed by atoms with Crippen LogP contribution in [0.15, 0.2) is 24.4 Å². The van der Waals surface area contributed by atoms with Gasteiger partial charge >= 0.3 is 0 Å². The van der Waals surface area contributed by atoms with Gasteiger partial charge < -0.3 is 0 Å². The minimum absolute atomic E-state index is 0.408. The molecule has 80 valence electrons. The van der Waals surface area contributed by atoms with E-state index in [4.69, 9.17) is 0 Å². The molecule has 0 saturated heterocycles. The van der Waals surface area contributed by atoms with Crippen LogP contribution in [0.3, 0.4) is 0 Å². The van der Waals surface area contributed by atoms with Crippen LogP contribution in [0, 0.1) is 5.92 Å². The first kappa shape index (κ1) is 10.3. The molecule has 1 fully saturated rings. The minimum atomic E-state index is 0.408. The second kappa shape index (κ2) is 5.06. The maximum Gasteiger partial charge on any atom is 0.133 e. The summed E-state index contributed by atoms with van der Waals surface area (Å²) < 4.78 is 0. The van der Waals surface area contributed by atoms with Crippen LogP contribution in [0.4, 0.5) is 0 Å². The van der Waals surface area contributed by atoms with Crippen molar-refractivity contribution >= 4 is 5.78 Å². The highest BCUT2D eigenvalue weighted by molar-refractivity contribution is 5.78. The second-order valence-electron chi connectivity index (χ2n) is 4.36. The van der Waals surface area contributed by atoms with Crippen LogP contribution in [0.5, 0.6) is 0 Å². The normalized spacial score (nSPS) is 16.0. The number of pyridine rings is 1. The van der Waals surface area contributed by atoms with Gasteiger partial charge in [0.05, 0.1) is 0 Å². The Morgan fingerprint density at radius 3 is 2.87 bits per heavy atom. The third kappa shape index (κ3) is 3.15. The van der Waals surface area contributed by atoms with Crippen molar-refractivity contribution in [1.82, 2.24) is 4.98 Å². The van der Waals surface area contributed by atoms with Crippen molar-refractivity contribution in [3.63, 3.8) is 0 Å². The summed E-state index contributed by atoms with van der Waals surface area (Å²) in [5, 5.41) is 0. The zero-order valence-electron chi connectivity index (χ0n) is 8.98. The lowest BCUT2D eigenvalue weighted by molar-refractivity contribution is -0.120. The molecule has 0 aromatic carbocycles. The molecule has 0 spiro atoms. The summed E-state index contributed by atoms with van der Waals surface area (Å²) in [7, 11) is 0. The molecule has 15 heavy (non-hydrogen) atoms. The van der Waals surface area contributed by atoms with E-state index in [2.05, 4.69) is 4.98 Å². The number of hydrogen-bond donors (Lipinski definition) is 0. The van der Waals surface area contributed by atoms with Crippen molar-refractivity contribution in [3.8, 4) is 0 Å². The van der Waals surface area contributed by atoms with Gasteiger partial charge in [0.2, 0.25) is 0 Å². The van der Waals surface area contributed by atoms with Gasteiger partial charge in [-0.2, -0.15) is 0 Å². The van der Waals surface area contributed by atoms with Crippen LogP contribution in [0.25, 0.3) is 0 Å². The van der Waals surface area contributed by atoms with Gasteiger partial charge in [-0.1, -0.05) is 25.3 Å². The van der Waals surface area contributed by atoms with E-state index in [1.165, 1.54) is 19.3 Å². The monoisotopic (exact) mass is 203 g/mol. The maximum absolute atomic E-state index is 11.6. The van der Waals surface area contributed by atoms with Gasteiger partial charge in [-0.25, -0.2) is 0 Å². The van der Waals surface area contributed by atoms with Crippen LogP contribution in [0.2, 0.25) is 0 Å². The SMILES string of the molecule is O=C(CCc1ccccn1)CC1CCC1. The number of aryl methyl sites for hydroxylation is 1. The average molecular weight is 203 g/mol. The third-order valence-corrected chi connectivity index (χ3v) is 3.13. The summed E-state index contributed by atoms with van der Waals surface area (Å²) >= 11 is 0. The highest BCUT2D eigenvalue weighted by Crippen LogP contribution is 2.29. The molecular formula is C13H17NO. The molecule has 1 aliphatic rings. The summed E-state index contributed by atoms with van der Waals surface area (Å²) in [6.07, 6.45) is 7.88. The molecule has 1 heterocycles. The van der Waals surface area contributed by atoms with Crippen molar-refractivity contribution in [3.05, 3.63) is 30.1 Å². The van der Waals surface area contributed by atoms with Crippen molar-refractivity contribution < 1.29 is 4.79 Å². The van der Waals surface area contributed by atoms with E-state index >= 15 is 0 Å². The maximum atomic E-state index is 11.6. The molecule has 0 amide bonds. The largest absolute Gasteiger partial charge is 0.300 e. The van der Waals surface area contributed by atoms with E-state index in [1.54, 1.807) is 6.20 Å². The van der Waals surface area contributed by atoms with Crippen LogP contribution in [-0.2, 0) is 11.2 Å². The molecule has 2 heteroatoms. The van der Waals surface area contributed by atoms with E-state index in [0.29, 0.717) is 18.1 Å². The zero-order valence-corrected chi connectivity index (χ0v) is 8.98. The molecule has 0 aliphatic heterocycles. The van der Waals surface area contributed by atoms with Gasteiger partial charge in [-0.3, -0.25) is 9.78 Å². The Labute approximate surface area is 90.7 Å². The number of rotatable bonds is 5. The molecule has 2 rings (SSSR count). The number of Topliss-reactive ketones (excluding diaryl/α,β-unsaturated/α-hetero) is 1. The number of nitrogens with zero attached hydrogens (tertiary/aromatic N) is 1. The quantitative estimate of drug-likeness (QED) is 0.736. The van der Waals surface area contributed by atoms with Crippen LogP contribution in [0.1, 0.15) is 37.8 Å². The van der Waals surface area contributed by atoms with Crippen LogP contribution in [-0.4, -0.2) is 10.8 Å². The highest BCUT2D eigenvalue weighted by Gasteiger charge is 2.20. The fourth-order valence-corrected chi connectivity index (χ4v) is 1.93. The van der Waals surface area contributed by atoms with E-state index in [-0.39, 0.29) is 0 Å². The van der Waals surface area contributed by atoms with E-state index in [0.717, 1.165) is 18.5 Å². The van der Waals surface area contributed by atoms with Crippen molar-refractivity contribution in [2.24, 2.45) is 5.92 Å². The lowest BCUT2D eigenvalue weighted by atomic mass is 9.81. The molecule has 0 bridgehead atoms. The molecule has 1 aromatic rings. The number of aromatic nitrogens is 1. The Balaban J connectivity index is 1.71.